The highest BCUT2D eigenvalue weighted by molar-refractivity contribution is 8.03. The average Bonchev–Trinajstić information content (AvgIpc) is 2.39. The molecule has 2 fully saturated rings. The molecular formula is C10H16N4OS2. The van der Waals surface area contributed by atoms with Crippen LogP contribution in [0.5, 0.6) is 0 Å². The number of hydroxylamine groups is 1. The molecule has 2 aliphatic rings. The van der Waals surface area contributed by atoms with E-state index in [1.165, 1.54) is 6.20 Å². The van der Waals surface area contributed by atoms with Crippen LogP contribution in [0.25, 0.3) is 0 Å². The minimum atomic E-state index is 0.616. The number of azo groups is 1. The zero-order valence-electron chi connectivity index (χ0n) is 9.52. The van der Waals surface area contributed by atoms with Gasteiger partial charge in [0.1, 0.15) is 11.2 Å². The molecule has 0 amide bonds. The van der Waals surface area contributed by atoms with Crippen LogP contribution in [0.2, 0.25) is 0 Å². The molecule has 0 unspecified atom stereocenters. The summed E-state index contributed by atoms with van der Waals surface area (Å²) in [5, 5.41) is 23.6. The number of thioether (sulfide) groups is 2. The molecule has 0 saturated carbocycles. The average molecular weight is 272 g/mol. The molecule has 2 heterocycles. The summed E-state index contributed by atoms with van der Waals surface area (Å²) in [7, 11) is 0. The van der Waals surface area contributed by atoms with Gasteiger partial charge < -0.3 is 15.8 Å². The monoisotopic (exact) mass is 272 g/mol. The maximum absolute atomic E-state index is 11.5. The van der Waals surface area contributed by atoms with Crippen molar-refractivity contribution >= 4 is 23.5 Å². The quantitative estimate of drug-likeness (QED) is 0.457. The lowest BCUT2D eigenvalue weighted by molar-refractivity contribution is -0.454. The molecular weight excluding hydrogens is 256 g/mol. The van der Waals surface area contributed by atoms with Gasteiger partial charge >= 0.3 is 0 Å². The van der Waals surface area contributed by atoms with Gasteiger partial charge in [0.2, 0.25) is 6.20 Å². The molecule has 0 atom stereocenters. The molecule has 0 spiro atoms. The Bertz CT molecular complexity index is 338. The van der Waals surface area contributed by atoms with Crippen LogP contribution in [0.1, 0.15) is 12.8 Å². The highest BCUT2D eigenvalue weighted by Gasteiger charge is 2.08. The van der Waals surface area contributed by atoms with E-state index in [0.29, 0.717) is 4.86 Å². The normalized spacial score (nSPS) is 26.7. The second-order valence-electron chi connectivity index (χ2n) is 3.66. The molecule has 17 heavy (non-hydrogen) atoms. The van der Waals surface area contributed by atoms with Crippen LogP contribution in [-0.4, -0.2) is 29.5 Å². The Hall–Kier alpha value is -0.820. The van der Waals surface area contributed by atoms with Crippen molar-refractivity contribution in [1.82, 2.24) is 10.6 Å². The number of hydrogen-bond acceptors (Lipinski definition) is 6. The highest BCUT2D eigenvalue weighted by Crippen LogP contribution is 2.19. The Labute approximate surface area is 109 Å². The maximum atomic E-state index is 11.5. The summed E-state index contributed by atoms with van der Waals surface area (Å²) >= 11 is 3.36. The standard InChI is InChI=1S/C10H16N4OS2/c15-14(8-10-12-4-2-6-17-10)13-7-9-11-3-1-5-16-9/h7-8,11-12H,1-6H2/b9-7+,10-8?,14-13?. The van der Waals surface area contributed by atoms with Gasteiger partial charge in [-0.3, -0.25) is 0 Å². The van der Waals surface area contributed by atoms with E-state index in [1.807, 2.05) is 0 Å². The van der Waals surface area contributed by atoms with Crippen molar-refractivity contribution in [2.75, 3.05) is 24.6 Å². The third-order valence-corrected chi connectivity index (χ3v) is 4.38. The summed E-state index contributed by atoms with van der Waals surface area (Å²) in [5.74, 6) is 2.15. The fourth-order valence-electron chi connectivity index (χ4n) is 1.44. The zero-order chi connectivity index (χ0) is 11.9. The molecule has 0 aromatic rings. The first-order chi connectivity index (χ1) is 8.34. The third-order valence-electron chi connectivity index (χ3n) is 2.27. The summed E-state index contributed by atoms with van der Waals surface area (Å²) < 4.78 is 0. The smallest absolute Gasteiger partial charge is 0.239 e. The van der Waals surface area contributed by atoms with Crippen molar-refractivity contribution in [3.63, 3.8) is 0 Å². The summed E-state index contributed by atoms with van der Waals surface area (Å²) in [6, 6.07) is 0. The van der Waals surface area contributed by atoms with E-state index in [4.69, 9.17) is 0 Å². The SMILES string of the molecule is [O-][N+](C=C1NCCCS1)=N/C=C1\NCCCS1. The van der Waals surface area contributed by atoms with E-state index in [2.05, 4.69) is 15.7 Å². The minimum absolute atomic E-state index is 0.616. The van der Waals surface area contributed by atoms with Crippen molar-refractivity contribution in [3.8, 4) is 0 Å². The van der Waals surface area contributed by atoms with E-state index in [9.17, 15) is 5.21 Å². The molecule has 94 valence electrons. The molecule has 0 aromatic heterocycles. The van der Waals surface area contributed by atoms with Crippen LogP contribution < -0.4 is 10.6 Å². The molecule has 7 heteroatoms. The van der Waals surface area contributed by atoms with Crippen molar-refractivity contribution in [2.45, 2.75) is 12.8 Å². The van der Waals surface area contributed by atoms with Crippen LogP contribution in [-0.2, 0) is 0 Å². The fraction of sp³-hybridized carbons (Fsp3) is 0.600. The maximum Gasteiger partial charge on any atom is 0.239 e. The van der Waals surface area contributed by atoms with E-state index in [1.54, 1.807) is 29.7 Å². The van der Waals surface area contributed by atoms with Crippen LogP contribution in [0.3, 0.4) is 0 Å². The lowest BCUT2D eigenvalue weighted by Crippen LogP contribution is -2.19. The van der Waals surface area contributed by atoms with E-state index in [-0.39, 0.29) is 0 Å². The van der Waals surface area contributed by atoms with Crippen LogP contribution in [0.15, 0.2) is 27.6 Å². The molecule has 5 nitrogen and oxygen atoms in total. The lowest BCUT2D eigenvalue weighted by atomic mass is 10.5. The number of rotatable bonds is 2. The minimum Gasteiger partial charge on any atom is -0.594 e. The van der Waals surface area contributed by atoms with Gasteiger partial charge in [0, 0.05) is 29.7 Å². The molecule has 2 aliphatic heterocycles. The van der Waals surface area contributed by atoms with E-state index in [0.717, 1.165) is 47.5 Å². The van der Waals surface area contributed by atoms with Crippen molar-refractivity contribution in [1.29, 1.82) is 0 Å². The summed E-state index contributed by atoms with van der Waals surface area (Å²) in [5.41, 5.74) is 0. The van der Waals surface area contributed by atoms with Gasteiger partial charge in [-0.05, 0) is 12.8 Å². The van der Waals surface area contributed by atoms with Gasteiger partial charge in [-0.25, -0.2) is 0 Å². The number of hydrogen-bond donors (Lipinski definition) is 2. The Morgan fingerprint density at radius 2 is 1.76 bits per heavy atom. The second-order valence-corrected chi connectivity index (χ2v) is 5.94. The summed E-state index contributed by atoms with van der Waals surface area (Å²) in [6.07, 6.45) is 5.39. The molecule has 0 aliphatic carbocycles. The Morgan fingerprint density at radius 1 is 1.12 bits per heavy atom. The van der Waals surface area contributed by atoms with Gasteiger partial charge in [0.25, 0.3) is 0 Å². The van der Waals surface area contributed by atoms with Gasteiger partial charge in [0.15, 0.2) is 0 Å². The van der Waals surface area contributed by atoms with Gasteiger partial charge in [-0.1, -0.05) is 4.86 Å². The first kappa shape index (κ1) is 12.6. The first-order valence-corrected chi connectivity index (χ1v) is 7.64. The Morgan fingerprint density at radius 3 is 2.35 bits per heavy atom. The van der Waals surface area contributed by atoms with E-state index >= 15 is 0 Å². The first-order valence-electron chi connectivity index (χ1n) is 5.67. The summed E-state index contributed by atoms with van der Waals surface area (Å²) in [6.45, 7) is 1.90. The van der Waals surface area contributed by atoms with Gasteiger partial charge in [0.05, 0.1) is 5.03 Å². The second kappa shape index (κ2) is 6.80. The largest absolute Gasteiger partial charge is 0.594 e. The van der Waals surface area contributed by atoms with Crippen LogP contribution in [0.4, 0.5) is 0 Å². The predicted octanol–water partition coefficient (Wildman–Crippen LogP) is 2.00. The molecule has 0 radical (unpaired) electrons. The Kier molecular flexibility index (Phi) is 5.06. The van der Waals surface area contributed by atoms with Crippen molar-refractivity contribution < 1.29 is 4.86 Å². The Balaban J connectivity index is 1.91. The molecule has 2 rings (SSSR count). The lowest BCUT2D eigenvalue weighted by Gasteiger charge is -2.14. The molecule has 2 saturated heterocycles. The van der Waals surface area contributed by atoms with Gasteiger partial charge in [-0.15, -0.1) is 23.5 Å². The van der Waals surface area contributed by atoms with E-state index < -0.39 is 0 Å². The number of nitrogens with one attached hydrogen (secondary N) is 2. The summed E-state index contributed by atoms with van der Waals surface area (Å²) in [4.78, 5) is 0.616. The fourth-order valence-corrected chi connectivity index (χ4v) is 3.15. The van der Waals surface area contributed by atoms with Crippen molar-refractivity contribution in [2.24, 2.45) is 5.11 Å². The predicted molar refractivity (Wildman–Crippen MR) is 72.4 cm³/mol. The number of nitrogens with zero attached hydrogens (tertiary/aromatic N) is 2. The van der Waals surface area contributed by atoms with Crippen LogP contribution >= 0.6 is 23.5 Å². The third kappa shape index (κ3) is 4.51. The molecule has 0 bridgehead atoms. The highest BCUT2D eigenvalue weighted by atomic mass is 32.2. The van der Waals surface area contributed by atoms with Gasteiger partial charge in [-0.2, -0.15) is 0 Å². The van der Waals surface area contributed by atoms with Crippen LogP contribution in [0, 0.1) is 5.21 Å². The topological polar surface area (TPSA) is 62.5 Å². The van der Waals surface area contributed by atoms with Crippen molar-refractivity contribution in [3.05, 3.63) is 27.7 Å². The molecule has 0 aromatic carbocycles. The zero-order valence-corrected chi connectivity index (χ0v) is 11.1. The molecule has 2 N–H and O–H groups in total.